The molecule has 5 heteroatoms. The molecular weight excluding hydrogens is 326 g/mol. The van der Waals surface area contributed by atoms with Gasteiger partial charge in [0.1, 0.15) is 0 Å². The van der Waals surface area contributed by atoms with Crippen molar-refractivity contribution in [1.29, 1.82) is 0 Å². The van der Waals surface area contributed by atoms with Crippen molar-refractivity contribution >= 4 is 11.8 Å². The summed E-state index contributed by atoms with van der Waals surface area (Å²) in [5.41, 5.74) is 1.22. The zero-order chi connectivity index (χ0) is 18.4. The Labute approximate surface area is 156 Å². The van der Waals surface area contributed by atoms with Gasteiger partial charge in [0.25, 0.3) is 0 Å². The highest BCUT2D eigenvalue weighted by Crippen LogP contribution is 2.27. The van der Waals surface area contributed by atoms with Gasteiger partial charge in [0.05, 0.1) is 12.3 Å². The topological polar surface area (TPSA) is 61.4 Å². The number of carbonyl (C=O) groups excluding carboxylic acids is 2. The monoisotopic (exact) mass is 357 g/mol. The van der Waals surface area contributed by atoms with Crippen LogP contribution in [-0.4, -0.2) is 49.4 Å². The SMILES string of the molecule is CC1(CNC(=O)C2CCCN(C(=O)Cc3ccccc3)C2)CCNCC1. The molecule has 1 aromatic rings. The number of carbonyl (C=O) groups is 2. The average Bonchev–Trinajstić information content (AvgIpc) is 2.67. The van der Waals surface area contributed by atoms with E-state index in [0.29, 0.717) is 13.0 Å². The van der Waals surface area contributed by atoms with Crippen molar-refractivity contribution in [1.82, 2.24) is 15.5 Å². The summed E-state index contributed by atoms with van der Waals surface area (Å²) < 4.78 is 0. The maximum atomic E-state index is 12.6. The minimum atomic E-state index is -0.0752. The quantitative estimate of drug-likeness (QED) is 0.847. The summed E-state index contributed by atoms with van der Waals surface area (Å²) in [6, 6.07) is 9.82. The minimum Gasteiger partial charge on any atom is -0.355 e. The van der Waals surface area contributed by atoms with Crippen molar-refractivity contribution in [2.24, 2.45) is 11.3 Å². The Morgan fingerprint density at radius 3 is 2.69 bits per heavy atom. The summed E-state index contributed by atoms with van der Waals surface area (Å²) in [4.78, 5) is 27.1. The number of nitrogens with zero attached hydrogens (tertiary/aromatic N) is 1. The van der Waals surface area contributed by atoms with Gasteiger partial charge in [-0.1, -0.05) is 37.3 Å². The van der Waals surface area contributed by atoms with Crippen molar-refractivity contribution in [2.45, 2.75) is 39.0 Å². The summed E-state index contributed by atoms with van der Waals surface area (Å²) >= 11 is 0. The molecule has 0 bridgehead atoms. The van der Waals surface area contributed by atoms with Crippen molar-refractivity contribution in [3.63, 3.8) is 0 Å². The fraction of sp³-hybridized carbons (Fsp3) is 0.619. The van der Waals surface area contributed by atoms with Gasteiger partial charge < -0.3 is 15.5 Å². The van der Waals surface area contributed by atoms with Crippen molar-refractivity contribution in [3.05, 3.63) is 35.9 Å². The van der Waals surface area contributed by atoms with Crippen LogP contribution in [0, 0.1) is 11.3 Å². The maximum absolute atomic E-state index is 12.6. The molecule has 1 unspecified atom stereocenters. The summed E-state index contributed by atoms with van der Waals surface area (Å²) in [5, 5.41) is 6.54. The summed E-state index contributed by atoms with van der Waals surface area (Å²) in [7, 11) is 0. The van der Waals surface area contributed by atoms with E-state index in [4.69, 9.17) is 0 Å². The number of piperidine rings is 2. The van der Waals surface area contributed by atoms with Crippen LogP contribution in [0.4, 0.5) is 0 Å². The fourth-order valence-corrected chi connectivity index (χ4v) is 3.95. The molecule has 0 aliphatic carbocycles. The van der Waals surface area contributed by atoms with Crippen LogP contribution in [0.2, 0.25) is 0 Å². The van der Waals surface area contributed by atoms with Gasteiger partial charge >= 0.3 is 0 Å². The maximum Gasteiger partial charge on any atom is 0.227 e. The molecular formula is C21H31N3O2. The highest BCUT2D eigenvalue weighted by molar-refractivity contribution is 5.82. The normalized spacial score (nSPS) is 22.7. The number of hydrogen-bond acceptors (Lipinski definition) is 3. The second-order valence-corrected chi connectivity index (χ2v) is 8.12. The summed E-state index contributed by atoms with van der Waals surface area (Å²) in [6.45, 7) is 6.36. The summed E-state index contributed by atoms with van der Waals surface area (Å²) in [6.07, 6.45) is 4.39. The first-order valence-corrected chi connectivity index (χ1v) is 9.86. The van der Waals surface area contributed by atoms with Crippen LogP contribution in [0.1, 0.15) is 38.2 Å². The number of hydrogen-bond donors (Lipinski definition) is 2. The third kappa shape index (κ3) is 5.07. The van der Waals surface area contributed by atoms with Crippen LogP contribution in [0.15, 0.2) is 30.3 Å². The fourth-order valence-electron chi connectivity index (χ4n) is 3.95. The smallest absolute Gasteiger partial charge is 0.227 e. The molecule has 26 heavy (non-hydrogen) atoms. The molecule has 0 aromatic heterocycles. The Balaban J connectivity index is 1.49. The summed E-state index contributed by atoms with van der Waals surface area (Å²) in [5.74, 6) is 0.162. The Hall–Kier alpha value is -1.88. The van der Waals surface area contributed by atoms with E-state index in [0.717, 1.165) is 57.4 Å². The molecule has 2 heterocycles. The Bertz CT molecular complexity index is 611. The predicted octanol–water partition coefficient (Wildman–Crippen LogP) is 1.97. The lowest BCUT2D eigenvalue weighted by molar-refractivity contribution is -0.135. The second kappa shape index (κ2) is 8.67. The Morgan fingerprint density at radius 1 is 1.23 bits per heavy atom. The van der Waals surface area contributed by atoms with Crippen molar-refractivity contribution < 1.29 is 9.59 Å². The molecule has 1 atom stereocenters. The first-order valence-electron chi connectivity index (χ1n) is 9.86. The largest absolute Gasteiger partial charge is 0.355 e. The van der Waals surface area contributed by atoms with E-state index in [1.807, 2.05) is 35.2 Å². The lowest BCUT2D eigenvalue weighted by atomic mass is 9.81. The van der Waals surface area contributed by atoms with Crippen LogP contribution in [0.25, 0.3) is 0 Å². The molecule has 1 aromatic carbocycles. The first kappa shape index (κ1) is 18.9. The molecule has 2 saturated heterocycles. The number of rotatable bonds is 5. The zero-order valence-electron chi connectivity index (χ0n) is 15.8. The first-order chi connectivity index (χ1) is 12.6. The van der Waals surface area contributed by atoms with E-state index in [9.17, 15) is 9.59 Å². The lowest BCUT2D eigenvalue weighted by Crippen LogP contribution is -2.48. The van der Waals surface area contributed by atoms with E-state index in [1.165, 1.54) is 0 Å². The molecule has 0 radical (unpaired) electrons. The average molecular weight is 357 g/mol. The Morgan fingerprint density at radius 2 is 1.96 bits per heavy atom. The van der Waals surface area contributed by atoms with Crippen LogP contribution in [0.3, 0.4) is 0 Å². The van der Waals surface area contributed by atoms with Gasteiger partial charge in [-0.15, -0.1) is 0 Å². The lowest BCUT2D eigenvalue weighted by Gasteiger charge is -2.36. The third-order valence-electron chi connectivity index (χ3n) is 5.84. The zero-order valence-corrected chi connectivity index (χ0v) is 15.8. The van der Waals surface area contributed by atoms with Gasteiger partial charge in [0.15, 0.2) is 0 Å². The molecule has 2 amide bonds. The van der Waals surface area contributed by atoms with Gasteiger partial charge in [-0.3, -0.25) is 9.59 Å². The molecule has 5 nitrogen and oxygen atoms in total. The van der Waals surface area contributed by atoms with E-state index in [-0.39, 0.29) is 23.1 Å². The molecule has 2 N–H and O–H groups in total. The molecule has 2 aliphatic rings. The van der Waals surface area contributed by atoms with Crippen LogP contribution >= 0.6 is 0 Å². The van der Waals surface area contributed by atoms with E-state index < -0.39 is 0 Å². The van der Waals surface area contributed by atoms with E-state index in [1.54, 1.807) is 0 Å². The van der Waals surface area contributed by atoms with Gasteiger partial charge in [0, 0.05) is 19.6 Å². The third-order valence-corrected chi connectivity index (χ3v) is 5.84. The van der Waals surface area contributed by atoms with Gasteiger partial charge in [-0.25, -0.2) is 0 Å². The highest BCUT2D eigenvalue weighted by Gasteiger charge is 2.31. The van der Waals surface area contributed by atoms with Gasteiger partial charge in [0.2, 0.25) is 11.8 Å². The van der Waals surface area contributed by atoms with Crippen LogP contribution in [0.5, 0.6) is 0 Å². The van der Waals surface area contributed by atoms with Gasteiger partial charge in [-0.05, 0) is 49.8 Å². The molecule has 0 spiro atoms. The minimum absolute atomic E-state index is 0.0752. The Kier molecular flexibility index (Phi) is 6.30. The molecule has 3 rings (SSSR count). The highest BCUT2D eigenvalue weighted by atomic mass is 16.2. The van der Waals surface area contributed by atoms with E-state index in [2.05, 4.69) is 17.6 Å². The predicted molar refractivity (Wildman–Crippen MR) is 103 cm³/mol. The van der Waals surface area contributed by atoms with E-state index >= 15 is 0 Å². The molecule has 0 saturated carbocycles. The van der Waals surface area contributed by atoms with Crippen molar-refractivity contribution in [2.75, 3.05) is 32.7 Å². The van der Waals surface area contributed by atoms with Crippen LogP contribution in [-0.2, 0) is 16.0 Å². The number of likely N-dealkylation sites (tertiary alicyclic amines) is 1. The van der Waals surface area contributed by atoms with Crippen LogP contribution < -0.4 is 10.6 Å². The number of benzene rings is 1. The van der Waals surface area contributed by atoms with Crippen molar-refractivity contribution in [3.8, 4) is 0 Å². The molecule has 2 fully saturated rings. The number of amides is 2. The standard InChI is InChI=1S/C21H31N3O2/c1-21(9-11-22-12-10-21)16-23-20(26)18-8-5-13-24(15-18)19(25)14-17-6-3-2-4-7-17/h2-4,6-7,18,22H,5,8-16H2,1H3,(H,23,26). The molecule has 2 aliphatic heterocycles. The molecule has 142 valence electrons. The van der Waals surface area contributed by atoms with Gasteiger partial charge in [-0.2, -0.15) is 0 Å². The number of nitrogens with one attached hydrogen (secondary N) is 2. The second-order valence-electron chi connectivity index (χ2n) is 8.12.